The predicted octanol–water partition coefficient (Wildman–Crippen LogP) is 4.80. The first-order chi connectivity index (χ1) is 14.8. The van der Waals surface area contributed by atoms with E-state index in [9.17, 15) is 13.2 Å². The van der Waals surface area contributed by atoms with Crippen LogP contribution in [0.5, 0.6) is 0 Å². The third-order valence-corrected chi connectivity index (χ3v) is 7.48. The molecule has 0 aliphatic heterocycles. The van der Waals surface area contributed by atoms with Crippen molar-refractivity contribution in [2.24, 2.45) is 0 Å². The molecule has 0 radical (unpaired) electrons. The maximum atomic E-state index is 12.7. The predicted molar refractivity (Wildman–Crippen MR) is 123 cm³/mol. The maximum absolute atomic E-state index is 12.7. The van der Waals surface area contributed by atoms with Crippen molar-refractivity contribution in [1.82, 2.24) is 4.31 Å². The minimum Gasteiger partial charge on any atom is -0.464 e. The molecule has 7 heteroatoms. The molecule has 0 bridgehead atoms. The Kier molecular flexibility index (Phi) is 5.56. The average Bonchev–Trinajstić information content (AvgIpc) is 3.16. The van der Waals surface area contributed by atoms with E-state index in [4.69, 9.17) is 4.42 Å². The highest BCUT2D eigenvalue weighted by Crippen LogP contribution is 2.30. The molecule has 0 fully saturated rings. The Morgan fingerprint density at radius 3 is 2.45 bits per heavy atom. The molecule has 0 atom stereocenters. The van der Waals surface area contributed by atoms with Gasteiger partial charge in [0.05, 0.1) is 17.6 Å². The third-order valence-electron chi connectivity index (χ3n) is 5.43. The van der Waals surface area contributed by atoms with Crippen molar-refractivity contribution in [3.05, 3.63) is 72.5 Å². The molecular weight excluding hydrogens is 412 g/mol. The first kappa shape index (κ1) is 21.1. The molecule has 0 aliphatic rings. The largest absolute Gasteiger partial charge is 0.464 e. The van der Waals surface area contributed by atoms with E-state index in [2.05, 4.69) is 5.32 Å². The van der Waals surface area contributed by atoms with Gasteiger partial charge in [0.2, 0.25) is 15.9 Å². The number of nitrogens with one attached hydrogen (secondary N) is 1. The standard InChI is InChI=1S/C24H24N2O4S/c1-16(2)26(3)31(28,29)20-11-9-19(10-12-20)25-23(27)14-18-15-30-22-13-8-17-6-4-5-7-21(17)24(18)22/h4-13,15-16H,14H2,1-3H3,(H,25,27). The Balaban J connectivity index is 1.53. The van der Waals surface area contributed by atoms with E-state index in [1.165, 1.54) is 16.4 Å². The minimum atomic E-state index is -3.56. The zero-order chi connectivity index (χ0) is 22.2. The molecule has 31 heavy (non-hydrogen) atoms. The molecule has 3 aromatic carbocycles. The summed E-state index contributed by atoms with van der Waals surface area (Å²) in [4.78, 5) is 12.8. The number of benzene rings is 3. The number of fused-ring (bicyclic) bond motifs is 3. The van der Waals surface area contributed by atoms with Crippen molar-refractivity contribution >= 4 is 43.4 Å². The molecule has 0 saturated heterocycles. The topological polar surface area (TPSA) is 79.6 Å². The Hall–Kier alpha value is -3.16. The Bertz CT molecular complexity index is 1360. The fraction of sp³-hybridized carbons (Fsp3) is 0.208. The van der Waals surface area contributed by atoms with E-state index in [1.54, 1.807) is 25.4 Å². The summed E-state index contributed by atoms with van der Waals surface area (Å²) in [6.45, 7) is 3.63. The Morgan fingerprint density at radius 1 is 1.03 bits per heavy atom. The molecule has 160 valence electrons. The molecule has 1 amide bonds. The van der Waals surface area contributed by atoms with Crippen LogP contribution in [0.1, 0.15) is 19.4 Å². The lowest BCUT2D eigenvalue weighted by Gasteiger charge is -2.21. The number of anilines is 1. The van der Waals surface area contributed by atoms with E-state index < -0.39 is 10.0 Å². The number of rotatable bonds is 6. The molecule has 4 rings (SSSR count). The highest BCUT2D eigenvalue weighted by molar-refractivity contribution is 7.89. The summed E-state index contributed by atoms with van der Waals surface area (Å²) in [6, 6.07) is 17.9. The van der Waals surface area contributed by atoms with Gasteiger partial charge in [-0.25, -0.2) is 8.42 Å². The number of nitrogens with zero attached hydrogens (tertiary/aromatic N) is 1. The van der Waals surface area contributed by atoms with Gasteiger partial charge in [0.15, 0.2) is 0 Å². The molecular formula is C24H24N2O4S. The van der Waals surface area contributed by atoms with E-state index in [0.717, 1.165) is 27.3 Å². The number of furan rings is 1. The zero-order valence-electron chi connectivity index (χ0n) is 17.6. The second kappa shape index (κ2) is 8.17. The molecule has 0 unspecified atom stereocenters. The van der Waals surface area contributed by atoms with Gasteiger partial charge in [-0.2, -0.15) is 4.31 Å². The van der Waals surface area contributed by atoms with E-state index >= 15 is 0 Å². The van der Waals surface area contributed by atoms with Crippen molar-refractivity contribution in [1.29, 1.82) is 0 Å². The van der Waals surface area contributed by atoms with Gasteiger partial charge < -0.3 is 9.73 Å². The lowest BCUT2D eigenvalue weighted by atomic mass is 10.0. The molecule has 0 aliphatic carbocycles. The van der Waals surface area contributed by atoms with E-state index in [-0.39, 0.29) is 23.3 Å². The third kappa shape index (κ3) is 4.06. The van der Waals surface area contributed by atoms with Gasteiger partial charge in [0.25, 0.3) is 0 Å². The van der Waals surface area contributed by atoms with Gasteiger partial charge in [0, 0.05) is 29.7 Å². The van der Waals surface area contributed by atoms with Gasteiger partial charge in [0.1, 0.15) is 5.58 Å². The first-order valence-corrected chi connectivity index (χ1v) is 11.5. The number of carbonyl (C=O) groups is 1. The second-order valence-corrected chi connectivity index (χ2v) is 9.78. The van der Waals surface area contributed by atoms with Gasteiger partial charge in [-0.3, -0.25) is 4.79 Å². The van der Waals surface area contributed by atoms with Crippen LogP contribution in [0.25, 0.3) is 21.7 Å². The number of hydrogen-bond acceptors (Lipinski definition) is 4. The summed E-state index contributed by atoms with van der Waals surface area (Å²) < 4.78 is 32.1. The molecule has 4 aromatic rings. The van der Waals surface area contributed by atoms with Crippen LogP contribution < -0.4 is 5.32 Å². The van der Waals surface area contributed by atoms with Crippen molar-refractivity contribution in [3.8, 4) is 0 Å². The smallest absolute Gasteiger partial charge is 0.243 e. The summed E-state index contributed by atoms with van der Waals surface area (Å²) in [5, 5.41) is 5.90. The van der Waals surface area contributed by atoms with Crippen LogP contribution in [-0.4, -0.2) is 31.7 Å². The van der Waals surface area contributed by atoms with Crippen molar-refractivity contribution in [2.45, 2.75) is 31.2 Å². The summed E-state index contributed by atoms with van der Waals surface area (Å²) in [7, 11) is -2.01. The van der Waals surface area contributed by atoms with Crippen LogP contribution in [0.2, 0.25) is 0 Å². The van der Waals surface area contributed by atoms with Crippen LogP contribution in [-0.2, 0) is 21.2 Å². The number of carbonyl (C=O) groups excluding carboxylic acids is 1. The van der Waals surface area contributed by atoms with Crippen LogP contribution in [0.3, 0.4) is 0 Å². The molecule has 0 saturated carbocycles. The lowest BCUT2D eigenvalue weighted by molar-refractivity contribution is -0.115. The van der Waals surface area contributed by atoms with Crippen LogP contribution in [0.15, 0.2) is 76.2 Å². The average molecular weight is 437 g/mol. The highest BCUT2D eigenvalue weighted by atomic mass is 32.2. The number of sulfonamides is 1. The molecule has 6 nitrogen and oxygen atoms in total. The van der Waals surface area contributed by atoms with Gasteiger partial charge in [-0.05, 0) is 55.0 Å². The van der Waals surface area contributed by atoms with Crippen molar-refractivity contribution in [2.75, 3.05) is 12.4 Å². The zero-order valence-corrected chi connectivity index (χ0v) is 18.4. The highest BCUT2D eigenvalue weighted by Gasteiger charge is 2.23. The van der Waals surface area contributed by atoms with E-state index in [1.807, 2.05) is 50.2 Å². The summed E-state index contributed by atoms with van der Waals surface area (Å²) in [5.74, 6) is -0.203. The van der Waals surface area contributed by atoms with Crippen LogP contribution in [0, 0.1) is 0 Å². The Labute approximate surface area is 181 Å². The summed E-state index contributed by atoms with van der Waals surface area (Å²) in [5.41, 5.74) is 2.08. The fourth-order valence-corrected chi connectivity index (χ4v) is 4.90. The summed E-state index contributed by atoms with van der Waals surface area (Å²) >= 11 is 0. The minimum absolute atomic E-state index is 0.148. The van der Waals surface area contributed by atoms with Crippen molar-refractivity contribution < 1.29 is 17.6 Å². The quantitative estimate of drug-likeness (QED) is 0.471. The first-order valence-electron chi connectivity index (χ1n) is 10.0. The SMILES string of the molecule is CC(C)N(C)S(=O)(=O)c1ccc(NC(=O)Cc2coc3ccc4ccccc4c23)cc1. The van der Waals surface area contributed by atoms with Gasteiger partial charge >= 0.3 is 0 Å². The van der Waals surface area contributed by atoms with Crippen LogP contribution in [0.4, 0.5) is 5.69 Å². The molecule has 0 spiro atoms. The number of hydrogen-bond donors (Lipinski definition) is 1. The molecule has 1 heterocycles. The normalized spacial score (nSPS) is 12.2. The Morgan fingerprint density at radius 2 is 1.74 bits per heavy atom. The monoisotopic (exact) mass is 436 g/mol. The van der Waals surface area contributed by atoms with Crippen molar-refractivity contribution in [3.63, 3.8) is 0 Å². The fourth-order valence-electron chi connectivity index (χ4n) is 3.54. The van der Waals surface area contributed by atoms with Gasteiger partial charge in [-0.1, -0.05) is 30.3 Å². The molecule has 1 N–H and O–H groups in total. The number of amides is 1. The van der Waals surface area contributed by atoms with Crippen LogP contribution >= 0.6 is 0 Å². The van der Waals surface area contributed by atoms with Gasteiger partial charge in [-0.15, -0.1) is 0 Å². The van der Waals surface area contributed by atoms with E-state index in [0.29, 0.717) is 5.69 Å². The lowest BCUT2D eigenvalue weighted by Crippen LogP contribution is -2.33. The summed E-state index contributed by atoms with van der Waals surface area (Å²) in [6.07, 6.45) is 1.77. The maximum Gasteiger partial charge on any atom is 0.243 e. The second-order valence-electron chi connectivity index (χ2n) is 7.79. The molecule has 1 aromatic heterocycles.